The Hall–Kier alpha value is -2.61. The molecule has 8 heteroatoms. The van der Waals surface area contributed by atoms with Crippen molar-refractivity contribution in [1.82, 2.24) is 5.32 Å². The van der Waals surface area contributed by atoms with Gasteiger partial charge in [0.1, 0.15) is 5.69 Å². The second kappa shape index (κ2) is 6.02. The molecule has 0 fully saturated rings. The molecule has 0 bridgehead atoms. The van der Waals surface area contributed by atoms with Gasteiger partial charge in [-0.3, -0.25) is 14.9 Å². The zero-order valence-electron chi connectivity index (χ0n) is 10.5. The van der Waals surface area contributed by atoms with Crippen LogP contribution in [-0.4, -0.2) is 30.7 Å². The number of hydrogen-bond donors (Lipinski definition) is 2. The fourth-order valence-corrected chi connectivity index (χ4v) is 1.66. The van der Waals surface area contributed by atoms with E-state index < -0.39 is 10.8 Å². The summed E-state index contributed by atoms with van der Waals surface area (Å²) in [5.74, 6) is 0.262. The number of rotatable bonds is 6. The van der Waals surface area contributed by atoms with E-state index in [4.69, 9.17) is 9.47 Å². The van der Waals surface area contributed by atoms with E-state index in [-0.39, 0.29) is 24.7 Å². The van der Waals surface area contributed by atoms with Crippen molar-refractivity contribution >= 4 is 17.3 Å². The highest BCUT2D eigenvalue weighted by molar-refractivity contribution is 5.95. The van der Waals surface area contributed by atoms with Crippen molar-refractivity contribution in [3.05, 3.63) is 34.9 Å². The fourth-order valence-electron chi connectivity index (χ4n) is 1.66. The van der Waals surface area contributed by atoms with E-state index in [0.29, 0.717) is 18.0 Å². The Morgan fingerprint density at radius 1 is 1.45 bits per heavy atom. The van der Waals surface area contributed by atoms with Crippen LogP contribution in [0.15, 0.2) is 24.8 Å². The van der Waals surface area contributed by atoms with E-state index in [2.05, 4.69) is 17.2 Å². The minimum Gasteiger partial charge on any atom is -0.454 e. The molecule has 1 aromatic carbocycles. The van der Waals surface area contributed by atoms with E-state index in [1.54, 1.807) is 6.08 Å². The Bertz CT molecular complexity index is 558. The SMILES string of the molecule is C=CCNCC(=O)Nc1cc2c(cc1[N+](=O)[O-])OCO2. The van der Waals surface area contributed by atoms with Crippen molar-refractivity contribution in [2.24, 2.45) is 0 Å². The second-order valence-corrected chi connectivity index (χ2v) is 3.95. The summed E-state index contributed by atoms with van der Waals surface area (Å²) in [5, 5.41) is 16.3. The largest absolute Gasteiger partial charge is 0.454 e. The Morgan fingerprint density at radius 3 is 2.80 bits per heavy atom. The van der Waals surface area contributed by atoms with Crippen LogP contribution in [0.1, 0.15) is 0 Å². The van der Waals surface area contributed by atoms with Crippen molar-refractivity contribution in [1.29, 1.82) is 0 Å². The van der Waals surface area contributed by atoms with Crippen LogP contribution in [0.5, 0.6) is 11.5 Å². The molecule has 0 aliphatic carbocycles. The molecule has 2 N–H and O–H groups in total. The molecular weight excluding hydrogens is 266 g/mol. The van der Waals surface area contributed by atoms with Crippen molar-refractivity contribution in [3.8, 4) is 11.5 Å². The first kappa shape index (κ1) is 13.8. The summed E-state index contributed by atoms with van der Waals surface area (Å²) >= 11 is 0. The van der Waals surface area contributed by atoms with Gasteiger partial charge in [0, 0.05) is 12.6 Å². The molecular formula is C12H13N3O5. The molecule has 1 heterocycles. The maximum atomic E-state index is 11.7. The number of nitro groups is 1. The molecule has 0 atom stereocenters. The number of benzene rings is 1. The van der Waals surface area contributed by atoms with Gasteiger partial charge in [-0.05, 0) is 0 Å². The molecule has 0 aromatic heterocycles. The second-order valence-electron chi connectivity index (χ2n) is 3.95. The first-order chi connectivity index (χ1) is 9.61. The maximum absolute atomic E-state index is 11.7. The van der Waals surface area contributed by atoms with E-state index in [9.17, 15) is 14.9 Å². The molecule has 106 valence electrons. The van der Waals surface area contributed by atoms with Crippen LogP contribution >= 0.6 is 0 Å². The van der Waals surface area contributed by atoms with Gasteiger partial charge in [0.25, 0.3) is 5.69 Å². The number of nitrogens with zero attached hydrogens (tertiary/aromatic N) is 1. The van der Waals surface area contributed by atoms with Crippen molar-refractivity contribution in [2.75, 3.05) is 25.2 Å². The highest BCUT2D eigenvalue weighted by atomic mass is 16.7. The van der Waals surface area contributed by atoms with Crippen LogP contribution in [0, 0.1) is 10.1 Å². The summed E-state index contributed by atoms with van der Waals surface area (Å²) in [7, 11) is 0. The quantitative estimate of drug-likeness (QED) is 0.349. The van der Waals surface area contributed by atoms with Crippen molar-refractivity contribution in [2.45, 2.75) is 0 Å². The normalized spacial score (nSPS) is 12.0. The van der Waals surface area contributed by atoms with Gasteiger partial charge in [0.15, 0.2) is 11.5 Å². The molecule has 0 saturated carbocycles. The highest BCUT2D eigenvalue weighted by Crippen LogP contribution is 2.40. The average molecular weight is 279 g/mol. The van der Waals surface area contributed by atoms with Gasteiger partial charge < -0.3 is 20.1 Å². The zero-order valence-corrected chi connectivity index (χ0v) is 10.5. The number of ether oxygens (including phenoxy) is 2. The highest BCUT2D eigenvalue weighted by Gasteiger charge is 2.24. The fraction of sp³-hybridized carbons (Fsp3) is 0.250. The molecule has 0 spiro atoms. The lowest BCUT2D eigenvalue weighted by Gasteiger charge is -2.07. The number of nitrogens with one attached hydrogen (secondary N) is 2. The molecule has 1 aliphatic heterocycles. The minimum absolute atomic E-state index is 0.00474. The Morgan fingerprint density at radius 2 is 2.15 bits per heavy atom. The number of anilines is 1. The lowest BCUT2D eigenvalue weighted by molar-refractivity contribution is -0.384. The van der Waals surface area contributed by atoms with Gasteiger partial charge in [0.2, 0.25) is 12.7 Å². The van der Waals surface area contributed by atoms with Crippen LogP contribution in [0.4, 0.5) is 11.4 Å². The smallest absolute Gasteiger partial charge is 0.296 e. The van der Waals surface area contributed by atoms with Gasteiger partial charge in [0.05, 0.1) is 17.5 Å². The van der Waals surface area contributed by atoms with E-state index in [0.717, 1.165) is 0 Å². The number of amides is 1. The van der Waals surface area contributed by atoms with Gasteiger partial charge in [-0.15, -0.1) is 6.58 Å². The Kier molecular flexibility index (Phi) is 4.16. The number of hydrogen-bond acceptors (Lipinski definition) is 6. The van der Waals surface area contributed by atoms with E-state index >= 15 is 0 Å². The third kappa shape index (κ3) is 3.04. The maximum Gasteiger partial charge on any atom is 0.296 e. The van der Waals surface area contributed by atoms with Gasteiger partial charge in [-0.1, -0.05) is 6.08 Å². The predicted octanol–water partition coefficient (Wildman–Crippen LogP) is 1.04. The molecule has 1 aliphatic rings. The summed E-state index contributed by atoms with van der Waals surface area (Å²) in [6, 6.07) is 2.61. The molecule has 2 rings (SSSR count). The number of nitro benzene ring substituents is 1. The summed E-state index contributed by atoms with van der Waals surface area (Å²) < 4.78 is 10.2. The lowest BCUT2D eigenvalue weighted by atomic mass is 10.2. The third-order valence-electron chi connectivity index (χ3n) is 2.54. The van der Waals surface area contributed by atoms with Crippen molar-refractivity contribution in [3.63, 3.8) is 0 Å². The van der Waals surface area contributed by atoms with Crippen LogP contribution in [0.2, 0.25) is 0 Å². The molecule has 0 radical (unpaired) electrons. The molecule has 20 heavy (non-hydrogen) atoms. The zero-order chi connectivity index (χ0) is 14.5. The first-order valence-corrected chi connectivity index (χ1v) is 5.81. The Balaban J connectivity index is 2.15. The minimum atomic E-state index is -0.589. The van der Waals surface area contributed by atoms with E-state index in [1.165, 1.54) is 12.1 Å². The summed E-state index contributed by atoms with van der Waals surface area (Å²) in [6.45, 7) is 4.00. The van der Waals surface area contributed by atoms with Gasteiger partial charge in [-0.2, -0.15) is 0 Å². The molecule has 1 amide bonds. The van der Waals surface area contributed by atoms with Crippen LogP contribution < -0.4 is 20.1 Å². The number of fused-ring (bicyclic) bond motifs is 1. The number of carbonyl (C=O) groups is 1. The first-order valence-electron chi connectivity index (χ1n) is 5.81. The number of carbonyl (C=O) groups excluding carboxylic acids is 1. The molecule has 1 aromatic rings. The predicted molar refractivity (Wildman–Crippen MR) is 70.9 cm³/mol. The summed E-state index contributed by atoms with van der Waals surface area (Å²) in [4.78, 5) is 22.1. The summed E-state index contributed by atoms with van der Waals surface area (Å²) in [5.41, 5.74) is -0.170. The topological polar surface area (TPSA) is 103 Å². The molecule has 0 saturated heterocycles. The third-order valence-corrected chi connectivity index (χ3v) is 2.54. The Labute approximate surface area is 114 Å². The monoisotopic (exact) mass is 279 g/mol. The van der Waals surface area contributed by atoms with Crippen LogP contribution in [0.3, 0.4) is 0 Å². The summed E-state index contributed by atoms with van der Waals surface area (Å²) in [6.07, 6.45) is 1.61. The van der Waals surface area contributed by atoms with Crippen LogP contribution in [-0.2, 0) is 4.79 Å². The van der Waals surface area contributed by atoms with Gasteiger partial charge in [-0.25, -0.2) is 0 Å². The molecule has 8 nitrogen and oxygen atoms in total. The van der Waals surface area contributed by atoms with Crippen LogP contribution in [0.25, 0.3) is 0 Å². The average Bonchev–Trinajstić information content (AvgIpc) is 2.85. The van der Waals surface area contributed by atoms with Crippen molar-refractivity contribution < 1.29 is 19.2 Å². The van der Waals surface area contributed by atoms with Gasteiger partial charge >= 0.3 is 0 Å². The standard InChI is InChI=1S/C12H13N3O5/c1-2-3-13-6-12(16)14-8-4-10-11(20-7-19-10)5-9(8)15(17)18/h2,4-5,13H,1,3,6-7H2,(H,14,16). The molecule has 0 unspecified atom stereocenters. The van der Waals surface area contributed by atoms with E-state index in [1.807, 2.05) is 0 Å². The lowest BCUT2D eigenvalue weighted by Crippen LogP contribution is -2.28.